The first-order chi connectivity index (χ1) is 15.8. The van der Waals surface area contributed by atoms with Gasteiger partial charge in [-0.2, -0.15) is 5.10 Å². The van der Waals surface area contributed by atoms with Gasteiger partial charge >= 0.3 is 7.12 Å². The van der Waals surface area contributed by atoms with Crippen molar-refractivity contribution in [3.05, 3.63) is 88.6 Å². The van der Waals surface area contributed by atoms with Gasteiger partial charge in [0.15, 0.2) is 0 Å². The van der Waals surface area contributed by atoms with Crippen LogP contribution in [0.1, 0.15) is 27.7 Å². The van der Waals surface area contributed by atoms with Crippen LogP contribution in [0.4, 0.5) is 0 Å². The molecule has 0 aliphatic carbocycles. The van der Waals surface area contributed by atoms with Crippen molar-refractivity contribution >= 4 is 35.2 Å². The number of hydrogen-bond acceptors (Lipinski definition) is 3. The normalized spacial score (nSPS) is 16.8. The molecule has 0 atom stereocenters. The fourth-order valence-corrected chi connectivity index (χ4v) is 4.82. The Hall–Kier alpha value is -2.42. The summed E-state index contributed by atoms with van der Waals surface area (Å²) in [6.07, 6.45) is 1.96. The summed E-state index contributed by atoms with van der Waals surface area (Å²) in [5.41, 5.74) is 5.48. The summed E-state index contributed by atoms with van der Waals surface area (Å²) in [6, 6.07) is 27.0. The van der Waals surface area contributed by atoms with Gasteiger partial charge in [-0.3, -0.25) is 0 Å². The maximum Gasteiger partial charge on any atom is 0.495 e. The number of halogens is 1. The van der Waals surface area contributed by atoms with E-state index in [1.807, 2.05) is 35.1 Å². The number of hydrogen-bond donors (Lipinski definition) is 0. The average molecular weight is 548 g/mol. The van der Waals surface area contributed by atoms with E-state index < -0.39 is 18.3 Å². The highest BCUT2D eigenvalue weighted by atomic mass is 127. The molecule has 0 N–H and O–H groups in total. The molecule has 0 saturated carbocycles. The summed E-state index contributed by atoms with van der Waals surface area (Å²) >= 11 is 2.39. The van der Waals surface area contributed by atoms with Crippen LogP contribution in [0.2, 0.25) is 0 Å². The molecule has 166 valence electrons. The van der Waals surface area contributed by atoms with Crippen molar-refractivity contribution in [3.8, 4) is 28.1 Å². The minimum atomic E-state index is -0.465. The molecule has 1 aliphatic heterocycles. The van der Waals surface area contributed by atoms with Gasteiger partial charge in [0.1, 0.15) is 0 Å². The lowest BCUT2D eigenvalue weighted by atomic mass is 9.74. The first kappa shape index (κ1) is 22.4. The summed E-state index contributed by atoms with van der Waals surface area (Å²) in [6.45, 7) is 8.34. The van der Waals surface area contributed by atoms with E-state index in [0.717, 1.165) is 33.5 Å². The van der Waals surface area contributed by atoms with Crippen LogP contribution in [-0.2, 0) is 9.31 Å². The summed E-state index contributed by atoms with van der Waals surface area (Å²) < 4.78 is 16.1. The van der Waals surface area contributed by atoms with Gasteiger partial charge in [0, 0.05) is 14.7 Å². The average Bonchev–Trinajstić information content (AvgIpc) is 3.32. The smallest absolute Gasteiger partial charge is 0.399 e. The van der Waals surface area contributed by atoms with Gasteiger partial charge in [-0.25, -0.2) is 4.68 Å². The molecular formula is C27H26BIN2O2. The molecule has 1 saturated heterocycles. The fourth-order valence-electron chi connectivity index (χ4n) is 4.14. The number of rotatable bonds is 4. The Morgan fingerprint density at radius 1 is 0.727 bits per heavy atom. The first-order valence-electron chi connectivity index (χ1n) is 11.1. The van der Waals surface area contributed by atoms with Gasteiger partial charge in [-0.05, 0) is 79.5 Å². The molecule has 6 heteroatoms. The lowest BCUT2D eigenvalue weighted by molar-refractivity contribution is 0.00578. The van der Waals surface area contributed by atoms with E-state index in [4.69, 9.17) is 14.4 Å². The standard InChI is InChI=1S/C27H26BIN2O2/c1-26(2)27(3,4)33-28(32-26)23-16-10-8-15-21(23)25-22(20-14-9-11-17-24(20)29)18-30-31(25)19-12-6-5-7-13-19/h5-18H,1-4H3. The van der Waals surface area contributed by atoms with E-state index >= 15 is 0 Å². The number of aromatic nitrogens is 2. The molecule has 33 heavy (non-hydrogen) atoms. The fraction of sp³-hybridized carbons (Fsp3) is 0.222. The lowest BCUT2D eigenvalue weighted by Crippen LogP contribution is -2.41. The third-order valence-corrected chi connectivity index (χ3v) is 7.60. The van der Waals surface area contributed by atoms with Crippen molar-refractivity contribution in [3.63, 3.8) is 0 Å². The molecule has 0 spiro atoms. The minimum Gasteiger partial charge on any atom is -0.399 e. The zero-order valence-corrected chi connectivity index (χ0v) is 21.4. The van der Waals surface area contributed by atoms with E-state index in [0.29, 0.717) is 0 Å². The lowest BCUT2D eigenvalue weighted by Gasteiger charge is -2.32. The maximum atomic E-state index is 6.45. The first-order valence-corrected chi connectivity index (χ1v) is 12.2. The van der Waals surface area contributed by atoms with Crippen molar-refractivity contribution < 1.29 is 9.31 Å². The van der Waals surface area contributed by atoms with Crippen molar-refractivity contribution in [1.82, 2.24) is 9.78 Å². The molecule has 3 aromatic carbocycles. The van der Waals surface area contributed by atoms with Crippen molar-refractivity contribution in [1.29, 1.82) is 0 Å². The second kappa shape index (κ2) is 8.42. The molecule has 4 aromatic rings. The molecule has 4 nitrogen and oxygen atoms in total. The van der Waals surface area contributed by atoms with Crippen LogP contribution in [-0.4, -0.2) is 28.1 Å². The van der Waals surface area contributed by atoms with Crippen LogP contribution in [0.5, 0.6) is 0 Å². The van der Waals surface area contributed by atoms with Crippen LogP contribution < -0.4 is 5.46 Å². The summed E-state index contributed by atoms with van der Waals surface area (Å²) in [7, 11) is -0.465. The predicted octanol–water partition coefficient (Wildman–Crippen LogP) is 6.11. The number of benzene rings is 3. The van der Waals surface area contributed by atoms with Gasteiger partial charge in [0.2, 0.25) is 0 Å². The molecule has 0 amide bonds. The molecule has 1 aromatic heterocycles. The van der Waals surface area contributed by atoms with Crippen molar-refractivity contribution in [2.45, 2.75) is 38.9 Å². The van der Waals surface area contributed by atoms with Crippen LogP contribution in [0.25, 0.3) is 28.1 Å². The van der Waals surface area contributed by atoms with Crippen molar-refractivity contribution in [2.75, 3.05) is 0 Å². The molecule has 5 rings (SSSR count). The number of para-hydroxylation sites is 1. The highest BCUT2D eigenvalue weighted by Gasteiger charge is 2.52. The van der Waals surface area contributed by atoms with Crippen LogP contribution >= 0.6 is 22.6 Å². The van der Waals surface area contributed by atoms with E-state index in [2.05, 4.69) is 105 Å². The van der Waals surface area contributed by atoms with Gasteiger partial charge in [0.25, 0.3) is 0 Å². The monoisotopic (exact) mass is 548 g/mol. The van der Waals surface area contributed by atoms with Crippen LogP contribution in [0.3, 0.4) is 0 Å². The van der Waals surface area contributed by atoms with Gasteiger partial charge in [-0.15, -0.1) is 0 Å². The predicted molar refractivity (Wildman–Crippen MR) is 143 cm³/mol. The molecule has 0 bridgehead atoms. The van der Waals surface area contributed by atoms with Crippen LogP contribution in [0.15, 0.2) is 85.1 Å². The van der Waals surface area contributed by atoms with E-state index in [-0.39, 0.29) is 0 Å². The third-order valence-electron chi connectivity index (χ3n) is 6.66. The summed E-state index contributed by atoms with van der Waals surface area (Å²) in [4.78, 5) is 0. The van der Waals surface area contributed by atoms with Crippen LogP contribution in [0, 0.1) is 3.57 Å². The van der Waals surface area contributed by atoms with E-state index in [1.54, 1.807) is 0 Å². The SMILES string of the molecule is CC1(C)OB(c2ccccc2-c2c(-c3ccccc3I)cnn2-c2ccccc2)OC1(C)C. The second-order valence-corrected chi connectivity index (χ2v) is 10.5. The molecule has 1 aliphatic rings. The zero-order valence-electron chi connectivity index (χ0n) is 19.2. The Bertz CT molecular complexity index is 1280. The Labute approximate surface area is 209 Å². The summed E-state index contributed by atoms with van der Waals surface area (Å²) in [5, 5.41) is 4.84. The molecule has 1 fully saturated rings. The Kier molecular flexibility index (Phi) is 5.71. The Morgan fingerprint density at radius 3 is 1.97 bits per heavy atom. The highest BCUT2D eigenvalue weighted by molar-refractivity contribution is 14.1. The molecular weight excluding hydrogens is 522 g/mol. The summed E-state index contributed by atoms with van der Waals surface area (Å²) in [5.74, 6) is 0. The van der Waals surface area contributed by atoms with E-state index in [1.165, 1.54) is 3.57 Å². The van der Waals surface area contributed by atoms with E-state index in [9.17, 15) is 0 Å². The van der Waals surface area contributed by atoms with Gasteiger partial charge in [-0.1, -0.05) is 60.7 Å². The quantitative estimate of drug-likeness (QED) is 0.228. The van der Waals surface area contributed by atoms with Crippen molar-refractivity contribution in [2.24, 2.45) is 0 Å². The second-order valence-electron chi connectivity index (χ2n) is 9.31. The van der Waals surface area contributed by atoms with Gasteiger partial charge < -0.3 is 9.31 Å². The number of nitrogens with zero attached hydrogens (tertiary/aromatic N) is 2. The highest BCUT2D eigenvalue weighted by Crippen LogP contribution is 2.39. The molecule has 2 heterocycles. The molecule has 0 unspecified atom stereocenters. The molecule has 0 radical (unpaired) electrons. The largest absolute Gasteiger partial charge is 0.495 e. The van der Waals surface area contributed by atoms with Gasteiger partial charge in [0.05, 0.1) is 28.8 Å². The third kappa shape index (κ3) is 3.94. The Morgan fingerprint density at radius 2 is 1.30 bits per heavy atom. The Balaban J connectivity index is 1.74. The minimum absolute atomic E-state index is 0.415. The maximum absolute atomic E-state index is 6.45. The zero-order chi connectivity index (χ0) is 23.2. The topological polar surface area (TPSA) is 36.3 Å².